The molecule has 2 aliphatic rings. The van der Waals surface area contributed by atoms with Crippen LogP contribution in [0.5, 0.6) is 0 Å². The van der Waals surface area contributed by atoms with Crippen LogP contribution in [0.4, 0.5) is 0 Å². The summed E-state index contributed by atoms with van der Waals surface area (Å²) in [7, 11) is 1.81. The van der Waals surface area contributed by atoms with Crippen LogP contribution >= 0.6 is 0 Å². The highest BCUT2D eigenvalue weighted by atomic mass is 16.5. The Morgan fingerprint density at radius 2 is 2.19 bits per heavy atom. The van der Waals surface area contributed by atoms with E-state index >= 15 is 0 Å². The molecule has 1 saturated heterocycles. The van der Waals surface area contributed by atoms with Crippen molar-refractivity contribution >= 4 is 0 Å². The Hall–Kier alpha value is -0.900. The molecule has 1 spiro atoms. The number of hydrogen-bond acceptors (Lipinski definition) is 3. The van der Waals surface area contributed by atoms with Crippen molar-refractivity contribution in [3.63, 3.8) is 0 Å². The predicted molar refractivity (Wildman–Crippen MR) is 84.5 cm³/mol. The second kappa shape index (κ2) is 6.91. The Kier molecular flexibility index (Phi) is 4.94. The zero-order valence-corrected chi connectivity index (χ0v) is 13.1. The summed E-state index contributed by atoms with van der Waals surface area (Å²) in [6.07, 6.45) is 4.86. The predicted octanol–water partition coefficient (Wildman–Crippen LogP) is 2.75. The fraction of sp³-hybridized carbons (Fsp3) is 0.667. The summed E-state index contributed by atoms with van der Waals surface area (Å²) in [6.45, 7) is 4.98. The van der Waals surface area contributed by atoms with Crippen molar-refractivity contribution in [2.24, 2.45) is 5.92 Å². The third-order valence-electron chi connectivity index (χ3n) is 5.11. The molecule has 0 amide bonds. The normalized spacial score (nSPS) is 30.0. The lowest BCUT2D eigenvalue weighted by Gasteiger charge is -2.44. The van der Waals surface area contributed by atoms with Crippen LogP contribution in [-0.2, 0) is 15.9 Å². The first-order valence-electron chi connectivity index (χ1n) is 8.21. The number of nitrogens with zero attached hydrogens (tertiary/aromatic N) is 1. The van der Waals surface area contributed by atoms with Crippen LogP contribution in [0.25, 0.3) is 0 Å². The molecule has 3 nitrogen and oxygen atoms in total. The lowest BCUT2D eigenvalue weighted by Crippen LogP contribution is -2.55. The summed E-state index contributed by atoms with van der Waals surface area (Å²) in [4.78, 5) is 2.59. The molecule has 2 atom stereocenters. The number of rotatable bonds is 5. The maximum atomic E-state index is 6.25. The molecule has 0 unspecified atom stereocenters. The van der Waals surface area contributed by atoms with Crippen molar-refractivity contribution in [3.8, 4) is 0 Å². The molecule has 0 bridgehead atoms. The van der Waals surface area contributed by atoms with Crippen molar-refractivity contribution in [2.75, 3.05) is 40.0 Å². The molecule has 1 aliphatic carbocycles. The molecule has 1 aromatic rings. The molecule has 3 heteroatoms. The molecule has 1 aliphatic heterocycles. The fourth-order valence-electron chi connectivity index (χ4n) is 3.95. The number of methoxy groups -OCH3 is 1. The lowest BCUT2D eigenvalue weighted by atomic mass is 9.89. The standard InChI is InChI=1S/C18H27NO2/c1-20-14-17-8-5-10-18(17)15-19(12-13-21-18)11-9-16-6-3-2-4-7-16/h2-4,6-7,17H,5,8-15H2,1H3/t17-,18-/m0/s1. The molecule has 2 fully saturated rings. The molecule has 0 N–H and O–H groups in total. The molecule has 1 saturated carbocycles. The van der Waals surface area contributed by atoms with Crippen molar-refractivity contribution in [3.05, 3.63) is 35.9 Å². The monoisotopic (exact) mass is 289 g/mol. The van der Waals surface area contributed by atoms with Gasteiger partial charge in [-0.25, -0.2) is 0 Å². The molecule has 0 aromatic heterocycles. The minimum absolute atomic E-state index is 0.0605. The summed E-state index contributed by atoms with van der Waals surface area (Å²) in [5, 5.41) is 0. The smallest absolute Gasteiger partial charge is 0.0859 e. The molecule has 0 radical (unpaired) electrons. The Bertz CT molecular complexity index is 436. The van der Waals surface area contributed by atoms with Gasteiger partial charge in [-0.05, 0) is 24.8 Å². The zero-order chi connectivity index (χ0) is 14.5. The minimum atomic E-state index is 0.0605. The van der Waals surface area contributed by atoms with Gasteiger partial charge in [-0.15, -0.1) is 0 Å². The summed E-state index contributed by atoms with van der Waals surface area (Å²) >= 11 is 0. The largest absolute Gasteiger partial charge is 0.384 e. The highest BCUT2D eigenvalue weighted by Crippen LogP contribution is 2.41. The van der Waals surface area contributed by atoms with E-state index in [-0.39, 0.29) is 5.60 Å². The highest BCUT2D eigenvalue weighted by Gasteiger charge is 2.46. The van der Waals surface area contributed by atoms with Crippen LogP contribution in [0.2, 0.25) is 0 Å². The summed E-state index contributed by atoms with van der Waals surface area (Å²) in [5.41, 5.74) is 1.49. The quantitative estimate of drug-likeness (QED) is 0.832. The first-order valence-corrected chi connectivity index (χ1v) is 8.21. The average Bonchev–Trinajstić information content (AvgIpc) is 2.89. The van der Waals surface area contributed by atoms with Crippen LogP contribution < -0.4 is 0 Å². The molecule has 21 heavy (non-hydrogen) atoms. The van der Waals surface area contributed by atoms with Gasteiger partial charge in [0.25, 0.3) is 0 Å². The minimum Gasteiger partial charge on any atom is -0.384 e. The summed E-state index contributed by atoms with van der Waals surface area (Å²) in [5.74, 6) is 0.571. The van der Waals surface area contributed by atoms with Crippen LogP contribution in [0, 0.1) is 5.92 Å². The maximum Gasteiger partial charge on any atom is 0.0859 e. The Morgan fingerprint density at radius 3 is 3.00 bits per heavy atom. The Balaban J connectivity index is 1.58. The summed E-state index contributed by atoms with van der Waals surface area (Å²) < 4.78 is 11.7. The maximum absolute atomic E-state index is 6.25. The van der Waals surface area contributed by atoms with Gasteiger partial charge < -0.3 is 9.47 Å². The van der Waals surface area contributed by atoms with E-state index in [0.29, 0.717) is 5.92 Å². The average molecular weight is 289 g/mol. The molecule has 116 valence electrons. The molecular formula is C18H27NO2. The van der Waals surface area contributed by atoms with Gasteiger partial charge in [0.15, 0.2) is 0 Å². The van der Waals surface area contributed by atoms with Crippen LogP contribution in [0.3, 0.4) is 0 Å². The topological polar surface area (TPSA) is 21.7 Å². The van der Waals surface area contributed by atoms with Crippen LogP contribution in [0.15, 0.2) is 30.3 Å². The summed E-state index contributed by atoms with van der Waals surface area (Å²) in [6, 6.07) is 10.8. The van der Waals surface area contributed by atoms with E-state index in [4.69, 9.17) is 9.47 Å². The third-order valence-corrected chi connectivity index (χ3v) is 5.11. The van der Waals surface area contributed by atoms with Gasteiger partial charge in [-0.2, -0.15) is 0 Å². The van der Waals surface area contributed by atoms with E-state index in [1.165, 1.54) is 24.8 Å². The molecule has 1 heterocycles. The SMILES string of the molecule is COC[C@@H]1CCC[C@]12CN(CCc1ccccc1)CCO2. The van der Waals surface area contributed by atoms with Crippen LogP contribution in [-0.4, -0.2) is 50.5 Å². The Morgan fingerprint density at radius 1 is 1.33 bits per heavy atom. The van der Waals surface area contributed by atoms with Crippen LogP contribution in [0.1, 0.15) is 24.8 Å². The second-order valence-corrected chi connectivity index (χ2v) is 6.47. The van der Waals surface area contributed by atoms with Gasteiger partial charge in [0.1, 0.15) is 0 Å². The van der Waals surface area contributed by atoms with Crippen molar-refractivity contribution in [2.45, 2.75) is 31.3 Å². The van der Waals surface area contributed by atoms with Gasteiger partial charge in [0.2, 0.25) is 0 Å². The number of hydrogen-bond donors (Lipinski definition) is 0. The lowest BCUT2D eigenvalue weighted by molar-refractivity contribution is -0.139. The first kappa shape index (κ1) is 15.0. The van der Waals surface area contributed by atoms with E-state index < -0.39 is 0 Å². The zero-order valence-electron chi connectivity index (χ0n) is 13.1. The van der Waals surface area contributed by atoms with E-state index in [2.05, 4.69) is 35.2 Å². The van der Waals surface area contributed by atoms with E-state index in [9.17, 15) is 0 Å². The molecular weight excluding hydrogens is 262 g/mol. The number of benzene rings is 1. The van der Waals surface area contributed by atoms with Gasteiger partial charge >= 0.3 is 0 Å². The molecule has 3 rings (SSSR count). The van der Waals surface area contributed by atoms with Crippen molar-refractivity contribution in [1.29, 1.82) is 0 Å². The fourth-order valence-corrected chi connectivity index (χ4v) is 3.95. The third kappa shape index (κ3) is 3.47. The van der Waals surface area contributed by atoms with Crippen molar-refractivity contribution < 1.29 is 9.47 Å². The first-order chi connectivity index (χ1) is 10.3. The van der Waals surface area contributed by atoms with E-state index in [0.717, 1.165) is 39.3 Å². The Labute approximate surface area is 128 Å². The van der Waals surface area contributed by atoms with Gasteiger partial charge in [0.05, 0.1) is 18.8 Å². The molecule has 1 aromatic carbocycles. The van der Waals surface area contributed by atoms with Gasteiger partial charge in [0, 0.05) is 32.7 Å². The van der Waals surface area contributed by atoms with E-state index in [1.807, 2.05) is 7.11 Å². The van der Waals surface area contributed by atoms with Gasteiger partial charge in [-0.1, -0.05) is 36.8 Å². The second-order valence-electron chi connectivity index (χ2n) is 6.47. The van der Waals surface area contributed by atoms with Gasteiger partial charge in [-0.3, -0.25) is 4.90 Å². The number of ether oxygens (including phenoxy) is 2. The number of morpholine rings is 1. The van der Waals surface area contributed by atoms with E-state index in [1.54, 1.807) is 0 Å². The highest BCUT2D eigenvalue weighted by molar-refractivity contribution is 5.15. The van der Waals surface area contributed by atoms with Crippen molar-refractivity contribution in [1.82, 2.24) is 4.90 Å².